The first-order chi connectivity index (χ1) is 15.2. The molecule has 3 aromatic rings. The molecular weight excluding hydrogens is 479 g/mol. The summed E-state index contributed by atoms with van der Waals surface area (Å²) in [6.07, 6.45) is 0. The van der Waals surface area contributed by atoms with E-state index in [1.54, 1.807) is 32.6 Å². The molecule has 0 bridgehead atoms. The number of rotatable bonds is 8. The number of nitrogens with one attached hydrogen (secondary N) is 1. The van der Waals surface area contributed by atoms with E-state index < -0.39 is 5.82 Å². The fourth-order valence-electron chi connectivity index (χ4n) is 2.45. The lowest BCUT2D eigenvalue weighted by atomic mass is 10.3. The topological polar surface area (TPSA) is 102 Å². The third kappa shape index (κ3) is 5.75. The summed E-state index contributed by atoms with van der Waals surface area (Å²) in [5.41, 5.74) is 0.567. The van der Waals surface area contributed by atoms with Crippen molar-refractivity contribution in [2.45, 2.75) is 18.7 Å². The number of benzene rings is 1. The second-order valence-electron chi connectivity index (χ2n) is 6.79. The first kappa shape index (κ1) is 24.0. The normalized spacial score (nSPS) is 10.8. The van der Waals surface area contributed by atoms with Gasteiger partial charge in [-0.15, -0.1) is 10.2 Å². The molecule has 0 unspecified atom stereocenters. The zero-order valence-corrected chi connectivity index (χ0v) is 20.1. The number of aryl methyl sites for hydroxylation is 1. The van der Waals surface area contributed by atoms with E-state index in [4.69, 9.17) is 16.3 Å². The Labute approximate surface area is 196 Å². The fraction of sp³-hybridized carbons (Fsp3) is 0.316. The Hall–Kier alpha value is -2.70. The van der Waals surface area contributed by atoms with Crippen molar-refractivity contribution in [3.05, 3.63) is 45.4 Å². The van der Waals surface area contributed by atoms with Gasteiger partial charge in [-0.1, -0.05) is 34.7 Å². The van der Waals surface area contributed by atoms with Crippen LogP contribution in [0.4, 0.5) is 9.52 Å². The van der Waals surface area contributed by atoms with Crippen LogP contribution in [0.15, 0.2) is 23.4 Å². The summed E-state index contributed by atoms with van der Waals surface area (Å²) in [5, 5.41) is 11.7. The Balaban J connectivity index is 1.54. The molecule has 0 saturated heterocycles. The second-order valence-corrected chi connectivity index (χ2v) is 9.14. The van der Waals surface area contributed by atoms with Gasteiger partial charge in [0.2, 0.25) is 5.91 Å². The molecule has 1 aromatic carbocycles. The summed E-state index contributed by atoms with van der Waals surface area (Å²) in [6.45, 7) is 1.82. The van der Waals surface area contributed by atoms with E-state index in [9.17, 15) is 14.0 Å². The average Bonchev–Trinajstić information content (AvgIpc) is 3.28. The smallest absolute Gasteiger partial charge is 0.265 e. The third-order valence-corrected chi connectivity index (χ3v) is 6.53. The molecule has 0 saturated carbocycles. The first-order valence-corrected chi connectivity index (χ1v) is 11.4. The average molecular weight is 499 g/mol. The van der Waals surface area contributed by atoms with Gasteiger partial charge >= 0.3 is 0 Å². The van der Waals surface area contributed by atoms with Gasteiger partial charge in [-0.3, -0.25) is 9.59 Å². The molecule has 3 rings (SSSR count). The van der Waals surface area contributed by atoms with Crippen LogP contribution in [0.2, 0.25) is 5.02 Å². The van der Waals surface area contributed by atoms with E-state index in [1.165, 1.54) is 34.9 Å². The predicted molar refractivity (Wildman–Crippen MR) is 121 cm³/mol. The third-order valence-electron chi connectivity index (χ3n) is 4.16. The first-order valence-electron chi connectivity index (χ1n) is 9.23. The molecule has 1 N–H and O–H groups in total. The highest BCUT2D eigenvalue weighted by molar-refractivity contribution is 7.99. The van der Waals surface area contributed by atoms with Gasteiger partial charge in [0.05, 0.1) is 16.5 Å². The van der Waals surface area contributed by atoms with Crippen molar-refractivity contribution in [2.75, 3.05) is 25.2 Å². The molecule has 0 radical (unpaired) electrons. The maximum atomic E-state index is 13.2. The van der Waals surface area contributed by atoms with Gasteiger partial charge in [0.1, 0.15) is 23.1 Å². The number of nitrogens with zero attached hydrogens (tertiary/aromatic N) is 5. The van der Waals surface area contributed by atoms with Crippen molar-refractivity contribution in [3.8, 4) is 5.75 Å². The number of hydrogen-bond acceptors (Lipinski definition) is 8. The molecule has 0 aliphatic carbocycles. The zero-order chi connectivity index (χ0) is 23.4. The van der Waals surface area contributed by atoms with Gasteiger partial charge in [-0.2, -0.15) is 0 Å². The number of hydrogen-bond donors (Lipinski definition) is 1. The van der Waals surface area contributed by atoms with Crippen molar-refractivity contribution in [2.24, 2.45) is 7.05 Å². The van der Waals surface area contributed by atoms with Crippen LogP contribution in [0, 0.1) is 12.7 Å². The maximum absolute atomic E-state index is 13.2. The maximum Gasteiger partial charge on any atom is 0.265 e. The summed E-state index contributed by atoms with van der Waals surface area (Å²) in [4.78, 5) is 30.6. The second kappa shape index (κ2) is 10.3. The molecule has 170 valence electrons. The Morgan fingerprint density at radius 3 is 2.78 bits per heavy atom. The Morgan fingerprint density at radius 1 is 1.34 bits per heavy atom. The van der Waals surface area contributed by atoms with Crippen LogP contribution in [0.5, 0.6) is 5.75 Å². The van der Waals surface area contributed by atoms with Crippen LogP contribution in [0.1, 0.15) is 21.2 Å². The van der Waals surface area contributed by atoms with Crippen molar-refractivity contribution in [3.63, 3.8) is 0 Å². The molecule has 0 atom stereocenters. The SMILES string of the molecule is Cc1nc(NC(=O)CSc2nnc(COc3ccc(F)c(Cl)c3)n2C)sc1C(=O)N(C)C. The molecule has 2 amide bonds. The number of carbonyl (C=O) groups is 2. The molecule has 2 aromatic heterocycles. The highest BCUT2D eigenvalue weighted by Crippen LogP contribution is 2.25. The van der Waals surface area contributed by atoms with Crippen LogP contribution in [0.3, 0.4) is 0 Å². The number of amides is 2. The Morgan fingerprint density at radius 2 is 2.09 bits per heavy atom. The van der Waals surface area contributed by atoms with Crippen LogP contribution in [-0.2, 0) is 18.4 Å². The standard InChI is InChI=1S/C19H20ClFN6O3S2/c1-10-16(17(29)26(2)3)32-18(22-10)23-15(28)9-31-19-25-24-14(27(19)4)8-30-11-5-6-13(21)12(20)7-11/h5-7H,8-9H2,1-4H3,(H,22,23,28). The fourth-order valence-corrected chi connectivity index (χ4v) is 4.35. The molecule has 0 aliphatic heterocycles. The van der Waals surface area contributed by atoms with Gasteiger partial charge < -0.3 is 19.5 Å². The number of thioether (sulfide) groups is 1. The molecule has 9 nitrogen and oxygen atoms in total. The van der Waals surface area contributed by atoms with Crippen molar-refractivity contribution in [1.82, 2.24) is 24.6 Å². The van der Waals surface area contributed by atoms with Gasteiger partial charge in [-0.25, -0.2) is 9.37 Å². The van der Waals surface area contributed by atoms with Gasteiger partial charge in [0.25, 0.3) is 5.91 Å². The lowest BCUT2D eigenvalue weighted by Gasteiger charge is -2.07. The molecule has 2 heterocycles. The number of halogens is 2. The van der Waals surface area contributed by atoms with E-state index in [1.807, 2.05) is 0 Å². The summed E-state index contributed by atoms with van der Waals surface area (Å²) >= 11 is 8.08. The molecule has 0 spiro atoms. The van der Waals surface area contributed by atoms with Gasteiger partial charge in [0, 0.05) is 27.2 Å². The molecule has 13 heteroatoms. The van der Waals surface area contributed by atoms with E-state index >= 15 is 0 Å². The number of thiazole rings is 1. The van der Waals surface area contributed by atoms with Gasteiger partial charge in [-0.05, 0) is 19.1 Å². The molecule has 32 heavy (non-hydrogen) atoms. The van der Waals surface area contributed by atoms with Crippen LogP contribution in [-0.4, -0.2) is 56.3 Å². The summed E-state index contributed by atoms with van der Waals surface area (Å²) in [6, 6.07) is 4.07. The van der Waals surface area contributed by atoms with E-state index in [0.29, 0.717) is 32.4 Å². The minimum absolute atomic E-state index is 0.0312. The zero-order valence-electron chi connectivity index (χ0n) is 17.7. The molecule has 0 fully saturated rings. The van der Waals surface area contributed by atoms with Crippen LogP contribution >= 0.6 is 34.7 Å². The van der Waals surface area contributed by atoms with Crippen LogP contribution in [0.25, 0.3) is 0 Å². The largest absolute Gasteiger partial charge is 0.486 e. The van der Waals surface area contributed by atoms with E-state index in [-0.39, 0.29) is 29.2 Å². The minimum atomic E-state index is -0.525. The van der Waals surface area contributed by atoms with E-state index in [2.05, 4.69) is 20.5 Å². The summed E-state index contributed by atoms with van der Waals surface area (Å²) in [5.74, 6) is 0.0364. The molecule has 0 aliphatic rings. The highest BCUT2D eigenvalue weighted by atomic mass is 35.5. The number of anilines is 1. The summed E-state index contributed by atoms with van der Waals surface area (Å²) < 4.78 is 20.5. The van der Waals surface area contributed by atoms with Crippen LogP contribution < -0.4 is 10.1 Å². The predicted octanol–water partition coefficient (Wildman–Crippen LogP) is 3.38. The number of ether oxygens (including phenoxy) is 1. The van der Waals surface area contributed by atoms with Crippen molar-refractivity contribution < 1.29 is 18.7 Å². The Kier molecular flexibility index (Phi) is 7.69. The van der Waals surface area contributed by atoms with Crippen molar-refractivity contribution >= 4 is 51.6 Å². The Bertz CT molecular complexity index is 1150. The lowest BCUT2D eigenvalue weighted by Crippen LogP contribution is -2.21. The highest BCUT2D eigenvalue weighted by Gasteiger charge is 2.18. The quantitative estimate of drug-likeness (QED) is 0.475. The molecular formula is C19H20ClFN6O3S2. The minimum Gasteiger partial charge on any atom is -0.486 e. The summed E-state index contributed by atoms with van der Waals surface area (Å²) in [7, 11) is 5.07. The monoisotopic (exact) mass is 498 g/mol. The van der Waals surface area contributed by atoms with E-state index in [0.717, 1.165) is 11.3 Å². The lowest BCUT2D eigenvalue weighted by molar-refractivity contribution is -0.113. The van der Waals surface area contributed by atoms with Crippen molar-refractivity contribution in [1.29, 1.82) is 0 Å². The number of carbonyl (C=O) groups excluding carboxylic acids is 2. The van der Waals surface area contributed by atoms with Gasteiger partial charge in [0.15, 0.2) is 16.1 Å². The number of aromatic nitrogens is 4.